The van der Waals surface area contributed by atoms with E-state index in [1.165, 1.54) is 0 Å². The molecule has 4 N–H and O–H groups in total. The average Bonchev–Trinajstić information content (AvgIpc) is 2.84. The van der Waals surface area contributed by atoms with Gasteiger partial charge >= 0.3 is 0 Å². The standard InChI is InChI=1S/C26H30ClNO5S2/c27-25-17-24(11-8-21(25)7-4-14-26(28,19-29)15-16-35(30,31)32)34-23-12-9-22(10-13-23)33-18-20-5-2-1-3-6-20/h1-3,5-6,8-13,17,29H,4,7,14-16,18-19,28H2,(H,30,31,32). The molecule has 0 aromatic heterocycles. The van der Waals surface area contributed by atoms with E-state index in [2.05, 4.69) is 0 Å². The maximum atomic E-state index is 11.0. The summed E-state index contributed by atoms with van der Waals surface area (Å²) in [7, 11) is -4.12. The van der Waals surface area contributed by atoms with Gasteiger partial charge in [-0.05, 0) is 73.2 Å². The Labute approximate surface area is 216 Å². The number of aliphatic hydroxyl groups is 1. The lowest BCUT2D eigenvalue weighted by Gasteiger charge is -2.26. The van der Waals surface area contributed by atoms with Gasteiger partial charge in [-0.25, -0.2) is 0 Å². The monoisotopic (exact) mass is 535 g/mol. The molecule has 9 heteroatoms. The van der Waals surface area contributed by atoms with Gasteiger partial charge in [0.05, 0.1) is 12.4 Å². The van der Waals surface area contributed by atoms with Crippen molar-refractivity contribution < 1.29 is 22.8 Å². The second-order valence-corrected chi connectivity index (χ2v) is 11.6. The summed E-state index contributed by atoms with van der Waals surface area (Å²) in [5.74, 6) is 0.332. The SMILES string of the molecule is NC(CO)(CCCc1ccc(Sc2ccc(OCc3ccccc3)cc2)cc1Cl)CCS(=O)(=O)O. The van der Waals surface area contributed by atoms with Crippen LogP contribution in [-0.2, 0) is 23.1 Å². The molecule has 1 unspecified atom stereocenters. The predicted octanol–water partition coefficient (Wildman–Crippen LogP) is 5.36. The first-order valence-corrected chi connectivity index (χ1v) is 14.0. The molecular weight excluding hydrogens is 506 g/mol. The van der Waals surface area contributed by atoms with E-state index >= 15 is 0 Å². The van der Waals surface area contributed by atoms with Crippen molar-refractivity contribution in [3.05, 3.63) is 88.9 Å². The van der Waals surface area contributed by atoms with E-state index in [1.54, 1.807) is 11.8 Å². The molecule has 0 radical (unpaired) electrons. The number of aryl methyl sites for hydroxylation is 1. The Morgan fingerprint density at radius 2 is 1.66 bits per heavy atom. The molecule has 3 aromatic carbocycles. The molecule has 0 saturated heterocycles. The second kappa shape index (κ2) is 12.8. The normalized spacial score (nSPS) is 13.4. The number of aliphatic hydroxyl groups excluding tert-OH is 1. The van der Waals surface area contributed by atoms with Crippen LogP contribution in [0.15, 0.2) is 82.6 Å². The van der Waals surface area contributed by atoms with Crippen molar-refractivity contribution in [1.82, 2.24) is 0 Å². The van der Waals surface area contributed by atoms with Crippen LogP contribution < -0.4 is 10.5 Å². The van der Waals surface area contributed by atoms with E-state index in [0.717, 1.165) is 26.7 Å². The van der Waals surface area contributed by atoms with E-state index in [9.17, 15) is 13.5 Å². The van der Waals surface area contributed by atoms with E-state index < -0.39 is 21.4 Å². The molecule has 0 fully saturated rings. The minimum absolute atomic E-state index is 0.0122. The average molecular weight is 536 g/mol. The van der Waals surface area contributed by atoms with Crippen molar-refractivity contribution in [2.75, 3.05) is 12.4 Å². The highest BCUT2D eigenvalue weighted by Crippen LogP contribution is 2.32. The summed E-state index contributed by atoms with van der Waals surface area (Å²) in [6.07, 6.45) is 1.66. The largest absolute Gasteiger partial charge is 0.489 e. The van der Waals surface area contributed by atoms with Crippen LogP contribution in [0.25, 0.3) is 0 Å². The number of benzene rings is 3. The number of halogens is 1. The molecule has 0 spiro atoms. The first kappa shape index (κ1) is 27.5. The zero-order chi connectivity index (χ0) is 25.3. The fourth-order valence-corrected chi connectivity index (χ4v) is 5.38. The van der Waals surface area contributed by atoms with E-state index in [4.69, 9.17) is 26.6 Å². The molecule has 0 aliphatic heterocycles. The summed E-state index contributed by atoms with van der Waals surface area (Å²) in [4.78, 5) is 2.07. The molecule has 0 heterocycles. The molecule has 0 aliphatic carbocycles. The highest BCUT2D eigenvalue weighted by molar-refractivity contribution is 7.99. The van der Waals surface area contributed by atoms with Crippen molar-refractivity contribution in [2.45, 2.75) is 47.6 Å². The van der Waals surface area contributed by atoms with Gasteiger partial charge in [0.1, 0.15) is 12.4 Å². The first-order valence-electron chi connectivity index (χ1n) is 11.2. The number of nitrogens with two attached hydrogens (primary N) is 1. The van der Waals surface area contributed by atoms with Crippen LogP contribution in [0.1, 0.15) is 30.4 Å². The molecule has 0 amide bonds. The van der Waals surface area contributed by atoms with Crippen molar-refractivity contribution in [1.29, 1.82) is 0 Å². The van der Waals surface area contributed by atoms with Gasteiger partial charge in [-0.15, -0.1) is 0 Å². The zero-order valence-corrected chi connectivity index (χ0v) is 21.7. The molecule has 6 nitrogen and oxygen atoms in total. The minimum atomic E-state index is -4.12. The van der Waals surface area contributed by atoms with Crippen LogP contribution in [0.5, 0.6) is 5.75 Å². The Morgan fingerprint density at radius 3 is 2.29 bits per heavy atom. The van der Waals surface area contributed by atoms with Crippen LogP contribution in [0.3, 0.4) is 0 Å². The summed E-state index contributed by atoms with van der Waals surface area (Å²) in [6, 6.07) is 23.8. The Hall–Kier alpha value is -2.07. The summed E-state index contributed by atoms with van der Waals surface area (Å²) in [6.45, 7) is 0.163. The van der Waals surface area contributed by atoms with Crippen molar-refractivity contribution in [2.24, 2.45) is 5.73 Å². The summed E-state index contributed by atoms with van der Waals surface area (Å²) in [5, 5.41) is 10.2. The van der Waals surface area contributed by atoms with Crippen LogP contribution in [0.4, 0.5) is 0 Å². The molecule has 0 bridgehead atoms. The Kier molecular flexibility index (Phi) is 10.0. The quantitative estimate of drug-likeness (QED) is 0.253. The third-order valence-electron chi connectivity index (χ3n) is 5.63. The number of rotatable bonds is 13. The predicted molar refractivity (Wildman–Crippen MR) is 141 cm³/mol. The van der Waals surface area contributed by atoms with Gasteiger partial charge in [-0.2, -0.15) is 8.42 Å². The summed E-state index contributed by atoms with van der Waals surface area (Å²) in [5.41, 5.74) is 7.12. The van der Waals surface area contributed by atoms with E-state index in [-0.39, 0.29) is 13.0 Å². The highest BCUT2D eigenvalue weighted by Gasteiger charge is 2.26. The van der Waals surface area contributed by atoms with Gasteiger partial charge in [0, 0.05) is 20.4 Å². The van der Waals surface area contributed by atoms with Gasteiger partial charge in [-0.3, -0.25) is 4.55 Å². The molecular formula is C26H30ClNO5S2. The van der Waals surface area contributed by atoms with E-state index in [0.29, 0.717) is 30.9 Å². The Balaban J connectivity index is 1.50. The van der Waals surface area contributed by atoms with E-state index in [1.807, 2.05) is 72.8 Å². The Morgan fingerprint density at radius 1 is 0.971 bits per heavy atom. The molecule has 35 heavy (non-hydrogen) atoms. The van der Waals surface area contributed by atoms with Gasteiger partial charge in [0.25, 0.3) is 10.1 Å². The van der Waals surface area contributed by atoms with Crippen molar-refractivity contribution in [3.63, 3.8) is 0 Å². The van der Waals surface area contributed by atoms with Crippen LogP contribution in [-0.4, -0.2) is 36.0 Å². The Bertz CT molecular complexity index is 1190. The first-order chi connectivity index (χ1) is 16.7. The summed E-state index contributed by atoms with van der Waals surface area (Å²) >= 11 is 8.10. The van der Waals surface area contributed by atoms with Gasteiger partial charge < -0.3 is 15.6 Å². The van der Waals surface area contributed by atoms with Crippen LogP contribution in [0.2, 0.25) is 5.02 Å². The molecule has 188 valence electrons. The second-order valence-electron chi connectivity index (χ2n) is 8.51. The molecule has 0 aliphatic rings. The van der Waals surface area contributed by atoms with Crippen molar-refractivity contribution >= 4 is 33.5 Å². The molecule has 3 rings (SSSR count). The topological polar surface area (TPSA) is 110 Å². The fraction of sp³-hybridized carbons (Fsp3) is 0.308. The number of ether oxygens (including phenoxy) is 1. The van der Waals surface area contributed by atoms with Gasteiger partial charge in [-0.1, -0.05) is 59.8 Å². The lowest BCUT2D eigenvalue weighted by molar-refractivity contribution is 0.180. The number of hydrogen-bond donors (Lipinski definition) is 3. The lowest BCUT2D eigenvalue weighted by Crippen LogP contribution is -2.45. The maximum Gasteiger partial charge on any atom is 0.264 e. The summed E-state index contributed by atoms with van der Waals surface area (Å²) < 4.78 is 36.8. The third kappa shape index (κ3) is 9.48. The number of hydrogen-bond acceptors (Lipinski definition) is 6. The van der Waals surface area contributed by atoms with Crippen LogP contribution in [0, 0.1) is 0 Å². The molecule has 1 atom stereocenters. The maximum absolute atomic E-state index is 11.0. The zero-order valence-electron chi connectivity index (χ0n) is 19.3. The molecule has 0 saturated carbocycles. The lowest BCUT2D eigenvalue weighted by atomic mass is 9.91. The third-order valence-corrected chi connectivity index (χ3v) is 7.70. The minimum Gasteiger partial charge on any atom is -0.489 e. The van der Waals surface area contributed by atoms with Gasteiger partial charge in [0.15, 0.2) is 0 Å². The smallest absolute Gasteiger partial charge is 0.264 e. The van der Waals surface area contributed by atoms with Crippen molar-refractivity contribution in [3.8, 4) is 5.75 Å². The molecule has 3 aromatic rings. The van der Waals surface area contributed by atoms with Crippen LogP contribution >= 0.6 is 23.4 Å². The highest BCUT2D eigenvalue weighted by atomic mass is 35.5. The van der Waals surface area contributed by atoms with Gasteiger partial charge in [0.2, 0.25) is 0 Å². The fourth-order valence-electron chi connectivity index (χ4n) is 3.52.